The van der Waals surface area contributed by atoms with Gasteiger partial charge in [-0.2, -0.15) is 9.41 Å². The molecule has 0 bridgehead atoms. The lowest BCUT2D eigenvalue weighted by molar-refractivity contribution is -0.123. The number of hydrogen-bond donors (Lipinski definition) is 2. The Morgan fingerprint density at radius 2 is 1.44 bits per heavy atom. The van der Waals surface area contributed by atoms with Gasteiger partial charge >= 0.3 is 0 Å². The van der Waals surface area contributed by atoms with Crippen molar-refractivity contribution in [1.29, 1.82) is 0 Å². The van der Waals surface area contributed by atoms with Crippen LogP contribution in [0.25, 0.3) is 0 Å². The maximum Gasteiger partial charge on any atom is 0.257 e. The Hall–Kier alpha value is -4.80. The Morgan fingerprint density at radius 3 is 2.09 bits per heavy atom. The number of carbonyl (C=O) groups excluding carboxylic acids is 2. The minimum absolute atomic E-state index is 0.0285. The lowest BCUT2D eigenvalue weighted by Gasteiger charge is -2.21. The zero-order valence-corrected chi connectivity index (χ0v) is 24.7. The summed E-state index contributed by atoms with van der Waals surface area (Å²) in [5.41, 5.74) is 5.91. The van der Waals surface area contributed by atoms with Gasteiger partial charge in [0.2, 0.25) is 10.0 Å². The van der Waals surface area contributed by atoms with Gasteiger partial charge in [-0.1, -0.05) is 78.4 Å². The molecule has 10 heteroatoms. The quantitative estimate of drug-likeness (QED) is 0.168. The van der Waals surface area contributed by atoms with Gasteiger partial charge in [-0.05, 0) is 66.4 Å². The topological polar surface area (TPSA) is 117 Å². The van der Waals surface area contributed by atoms with E-state index in [1.165, 1.54) is 18.3 Å². The van der Waals surface area contributed by atoms with Gasteiger partial charge in [0.15, 0.2) is 6.61 Å². The molecule has 4 aromatic rings. The highest BCUT2D eigenvalue weighted by molar-refractivity contribution is 7.89. The van der Waals surface area contributed by atoms with Gasteiger partial charge in [0.05, 0.1) is 17.7 Å². The zero-order valence-electron chi connectivity index (χ0n) is 23.8. The van der Waals surface area contributed by atoms with E-state index in [0.717, 1.165) is 27.4 Å². The van der Waals surface area contributed by atoms with Gasteiger partial charge in [-0.3, -0.25) is 9.59 Å². The molecule has 0 radical (unpaired) electrons. The van der Waals surface area contributed by atoms with Crippen molar-refractivity contribution in [2.24, 2.45) is 5.10 Å². The number of aryl methyl sites for hydroxylation is 1. The predicted molar refractivity (Wildman–Crippen MR) is 166 cm³/mol. The van der Waals surface area contributed by atoms with Crippen LogP contribution < -0.4 is 15.5 Å². The van der Waals surface area contributed by atoms with E-state index in [-0.39, 0.29) is 24.0 Å². The monoisotopic (exact) mass is 598 g/mol. The largest absolute Gasteiger partial charge is 0.484 e. The molecule has 0 heterocycles. The van der Waals surface area contributed by atoms with Crippen molar-refractivity contribution in [1.82, 2.24) is 15.0 Å². The van der Waals surface area contributed by atoms with E-state index in [1.54, 1.807) is 48.5 Å². The maximum atomic E-state index is 13.4. The van der Waals surface area contributed by atoms with Gasteiger partial charge in [0, 0.05) is 13.1 Å². The van der Waals surface area contributed by atoms with Crippen LogP contribution in [-0.2, 0) is 32.6 Å². The molecule has 0 atom stereocenters. The number of nitrogens with one attached hydrogen (secondary N) is 2. The number of ether oxygens (including phenoxy) is 1. The molecule has 0 unspecified atom stereocenters. The van der Waals surface area contributed by atoms with Crippen molar-refractivity contribution in [2.75, 3.05) is 19.7 Å². The van der Waals surface area contributed by atoms with Crippen LogP contribution in [0, 0.1) is 6.92 Å². The maximum absolute atomic E-state index is 13.4. The normalized spacial score (nSPS) is 11.4. The Bertz CT molecular complexity index is 1610. The summed E-state index contributed by atoms with van der Waals surface area (Å²) in [4.78, 5) is 24.9. The molecule has 0 aromatic heterocycles. The smallest absolute Gasteiger partial charge is 0.257 e. The lowest BCUT2D eigenvalue weighted by Crippen LogP contribution is -2.39. The number of sulfonamides is 1. The molecule has 0 saturated carbocycles. The number of carbonyl (C=O) groups is 2. The van der Waals surface area contributed by atoms with Gasteiger partial charge in [0.25, 0.3) is 11.8 Å². The lowest BCUT2D eigenvalue weighted by atomic mass is 10.1. The van der Waals surface area contributed by atoms with Crippen LogP contribution in [0.3, 0.4) is 0 Å². The van der Waals surface area contributed by atoms with Crippen molar-refractivity contribution < 1.29 is 22.7 Å². The summed E-state index contributed by atoms with van der Waals surface area (Å²) in [5, 5.41) is 6.81. The molecule has 43 heavy (non-hydrogen) atoms. The van der Waals surface area contributed by atoms with Gasteiger partial charge in [0.1, 0.15) is 5.75 Å². The van der Waals surface area contributed by atoms with E-state index < -0.39 is 22.5 Å². The number of hydrazone groups is 1. The predicted octanol–water partition coefficient (Wildman–Crippen LogP) is 4.07. The molecule has 0 aliphatic heterocycles. The number of benzene rings is 4. The van der Waals surface area contributed by atoms with Crippen LogP contribution in [0.1, 0.15) is 22.3 Å². The molecule has 0 saturated heterocycles. The molecular formula is C33H34N4O5S. The number of rotatable bonds is 14. The molecule has 0 aliphatic rings. The summed E-state index contributed by atoms with van der Waals surface area (Å²) in [7, 11) is -3.94. The van der Waals surface area contributed by atoms with Crippen molar-refractivity contribution in [3.05, 3.63) is 131 Å². The van der Waals surface area contributed by atoms with Crippen molar-refractivity contribution >= 4 is 28.1 Å². The van der Waals surface area contributed by atoms with Crippen LogP contribution in [0.15, 0.2) is 119 Å². The first-order valence-electron chi connectivity index (χ1n) is 13.8. The van der Waals surface area contributed by atoms with Gasteiger partial charge in [-0.25, -0.2) is 13.8 Å². The summed E-state index contributed by atoms with van der Waals surface area (Å²) in [5.74, 6) is -0.284. The van der Waals surface area contributed by atoms with E-state index in [1.807, 2.05) is 55.5 Å². The van der Waals surface area contributed by atoms with Gasteiger partial charge in [-0.15, -0.1) is 0 Å². The van der Waals surface area contributed by atoms with Crippen LogP contribution in [0.5, 0.6) is 5.75 Å². The third kappa shape index (κ3) is 9.91. The highest BCUT2D eigenvalue weighted by atomic mass is 32.2. The first kappa shape index (κ1) is 31.1. The molecule has 222 valence electrons. The van der Waals surface area contributed by atoms with Crippen molar-refractivity contribution in [2.45, 2.75) is 24.8 Å². The highest BCUT2D eigenvalue weighted by Gasteiger charge is 2.26. The van der Waals surface area contributed by atoms with Crippen LogP contribution in [0.2, 0.25) is 0 Å². The van der Waals surface area contributed by atoms with E-state index >= 15 is 0 Å². The molecule has 4 rings (SSSR count). The third-order valence-electron chi connectivity index (χ3n) is 6.41. The second-order valence-corrected chi connectivity index (χ2v) is 11.7. The van der Waals surface area contributed by atoms with Crippen molar-refractivity contribution in [3.63, 3.8) is 0 Å². The average Bonchev–Trinajstić information content (AvgIpc) is 3.01. The van der Waals surface area contributed by atoms with E-state index in [0.29, 0.717) is 17.9 Å². The number of amides is 2. The Morgan fingerprint density at radius 1 is 0.814 bits per heavy atom. The molecule has 4 aromatic carbocycles. The molecule has 2 amide bonds. The molecule has 2 N–H and O–H groups in total. The molecular weight excluding hydrogens is 564 g/mol. The molecule has 9 nitrogen and oxygen atoms in total. The summed E-state index contributed by atoms with van der Waals surface area (Å²) in [6.07, 6.45) is 2.18. The average molecular weight is 599 g/mol. The summed E-state index contributed by atoms with van der Waals surface area (Å²) in [6.45, 7) is 1.90. The number of hydrogen-bond acceptors (Lipinski definition) is 6. The fourth-order valence-electron chi connectivity index (χ4n) is 4.09. The highest BCUT2D eigenvalue weighted by Crippen LogP contribution is 2.19. The van der Waals surface area contributed by atoms with Crippen LogP contribution in [0.4, 0.5) is 0 Å². The van der Waals surface area contributed by atoms with Crippen LogP contribution in [-0.4, -0.2) is 50.4 Å². The second-order valence-electron chi connectivity index (χ2n) is 9.81. The van der Waals surface area contributed by atoms with E-state index in [4.69, 9.17) is 4.74 Å². The fourth-order valence-corrected chi connectivity index (χ4v) is 5.47. The zero-order chi connectivity index (χ0) is 30.5. The summed E-state index contributed by atoms with van der Waals surface area (Å²) < 4.78 is 33.4. The van der Waals surface area contributed by atoms with E-state index in [2.05, 4.69) is 15.8 Å². The Balaban J connectivity index is 1.27. The molecule has 0 aliphatic carbocycles. The Kier molecular flexibility index (Phi) is 11.2. The molecule has 0 spiro atoms. The van der Waals surface area contributed by atoms with Gasteiger partial charge < -0.3 is 10.1 Å². The summed E-state index contributed by atoms with van der Waals surface area (Å²) in [6, 6.07) is 32.3. The Labute approximate surface area is 252 Å². The first-order chi connectivity index (χ1) is 20.8. The molecule has 0 fully saturated rings. The van der Waals surface area contributed by atoms with Crippen LogP contribution >= 0.6 is 0 Å². The minimum atomic E-state index is -3.94. The summed E-state index contributed by atoms with van der Waals surface area (Å²) >= 11 is 0. The van der Waals surface area contributed by atoms with E-state index in [9.17, 15) is 18.0 Å². The second kappa shape index (κ2) is 15.4. The van der Waals surface area contributed by atoms with Crippen molar-refractivity contribution in [3.8, 4) is 5.75 Å². The third-order valence-corrected chi connectivity index (χ3v) is 8.22. The standard InChI is InChI=1S/C33H34N4O5S/c1-26-12-18-31(19-13-26)43(40,41)37(23-29-10-6-3-7-11-29)24-32(38)36-35-22-28-14-16-30(17-15-28)42-25-33(39)34-21-20-27-8-4-2-5-9-27/h2-19,22H,20-21,23-25H2,1H3,(H,34,39)(H,36,38)/b35-22+. The fraction of sp³-hybridized carbons (Fsp3) is 0.182. The number of nitrogens with zero attached hydrogens (tertiary/aromatic N) is 2. The minimum Gasteiger partial charge on any atom is -0.484 e. The SMILES string of the molecule is Cc1ccc(S(=O)(=O)N(CC(=O)N/N=C/c2ccc(OCC(=O)NCCc3ccccc3)cc2)Cc2ccccc2)cc1. The first-order valence-corrected chi connectivity index (χ1v) is 15.2.